The van der Waals surface area contributed by atoms with Crippen LogP contribution in [0.2, 0.25) is 0 Å². The first-order valence-electron chi connectivity index (χ1n) is 6.79. The molecule has 23 heavy (non-hydrogen) atoms. The third-order valence-electron chi connectivity index (χ3n) is 3.52. The Bertz CT molecular complexity index is 801. The van der Waals surface area contributed by atoms with Gasteiger partial charge in [-0.15, -0.1) is 0 Å². The fourth-order valence-corrected chi connectivity index (χ4v) is 2.45. The van der Waals surface area contributed by atoms with Gasteiger partial charge in [-0.2, -0.15) is 4.98 Å². The van der Waals surface area contributed by atoms with Gasteiger partial charge in [0.05, 0.1) is 12.9 Å². The molecule has 1 fully saturated rings. The van der Waals surface area contributed by atoms with Gasteiger partial charge in [-0.05, 0) is 0 Å². The van der Waals surface area contributed by atoms with Crippen LogP contribution in [0.3, 0.4) is 0 Å². The molecule has 0 radical (unpaired) electrons. The number of ether oxygens (including phenoxy) is 1. The van der Waals surface area contributed by atoms with Crippen molar-refractivity contribution in [2.24, 2.45) is 0 Å². The van der Waals surface area contributed by atoms with Crippen LogP contribution in [0.4, 0.5) is 5.95 Å². The van der Waals surface area contributed by atoms with Gasteiger partial charge >= 0.3 is 0 Å². The average molecular weight is 325 g/mol. The number of carbonyl (C=O) groups is 1. The van der Waals surface area contributed by atoms with Crippen LogP contribution < -0.4 is 10.9 Å². The number of aromatic amines is 1. The highest BCUT2D eigenvalue weighted by atomic mass is 16.6. The fourth-order valence-electron chi connectivity index (χ4n) is 2.45. The fraction of sp³-hybridized carbons (Fsp3) is 0.500. The summed E-state index contributed by atoms with van der Waals surface area (Å²) in [6.07, 6.45) is -3.45. The maximum absolute atomic E-state index is 12.0. The minimum absolute atomic E-state index is 0.0168. The van der Waals surface area contributed by atoms with Crippen LogP contribution in [0.5, 0.6) is 0 Å². The summed E-state index contributed by atoms with van der Waals surface area (Å²) >= 11 is 0. The van der Waals surface area contributed by atoms with Crippen LogP contribution in [0.25, 0.3) is 11.2 Å². The highest BCUT2D eigenvalue weighted by molar-refractivity contribution is 5.87. The molecule has 4 atom stereocenters. The largest absolute Gasteiger partial charge is 0.394 e. The van der Waals surface area contributed by atoms with Crippen molar-refractivity contribution in [3.05, 3.63) is 16.7 Å². The van der Waals surface area contributed by atoms with Gasteiger partial charge in [0, 0.05) is 6.92 Å². The van der Waals surface area contributed by atoms with Crippen LogP contribution in [-0.4, -0.2) is 65.7 Å². The summed E-state index contributed by atoms with van der Waals surface area (Å²) in [7, 11) is 0. The van der Waals surface area contributed by atoms with E-state index < -0.39 is 42.6 Å². The van der Waals surface area contributed by atoms with Gasteiger partial charge in [-0.25, -0.2) is 4.98 Å². The smallest absolute Gasteiger partial charge is 0.280 e. The quantitative estimate of drug-likeness (QED) is 0.420. The zero-order valence-electron chi connectivity index (χ0n) is 12.0. The van der Waals surface area contributed by atoms with Gasteiger partial charge < -0.3 is 20.1 Å². The number of aromatic nitrogens is 4. The molecule has 0 bridgehead atoms. The third-order valence-corrected chi connectivity index (χ3v) is 3.52. The molecule has 1 aliphatic heterocycles. The Balaban J connectivity index is 2.06. The predicted octanol–water partition coefficient (Wildman–Crippen LogP) is -2.31. The number of H-pyrrole nitrogens is 1. The molecule has 5 N–H and O–H groups in total. The molecule has 2 aromatic heterocycles. The molecular formula is C12H15N5O6. The number of aliphatic hydroxyl groups excluding tert-OH is 3. The third kappa shape index (κ3) is 2.59. The summed E-state index contributed by atoms with van der Waals surface area (Å²) in [5.74, 6) is -0.505. The average Bonchev–Trinajstić information content (AvgIpc) is 3.01. The van der Waals surface area contributed by atoms with E-state index in [1.807, 2.05) is 0 Å². The van der Waals surface area contributed by atoms with Crippen LogP contribution in [0.15, 0.2) is 11.1 Å². The van der Waals surface area contributed by atoms with E-state index >= 15 is 0 Å². The molecular weight excluding hydrogens is 310 g/mol. The van der Waals surface area contributed by atoms with Gasteiger partial charge in [-0.3, -0.25) is 24.5 Å². The van der Waals surface area contributed by atoms with Crippen molar-refractivity contribution in [2.75, 3.05) is 11.9 Å². The van der Waals surface area contributed by atoms with Crippen LogP contribution in [0.1, 0.15) is 13.2 Å². The number of hydrogen-bond donors (Lipinski definition) is 5. The second-order valence-electron chi connectivity index (χ2n) is 5.15. The van der Waals surface area contributed by atoms with E-state index in [2.05, 4.69) is 20.3 Å². The maximum Gasteiger partial charge on any atom is 0.280 e. The van der Waals surface area contributed by atoms with Crippen molar-refractivity contribution in [1.29, 1.82) is 0 Å². The van der Waals surface area contributed by atoms with E-state index in [1.54, 1.807) is 0 Å². The molecule has 11 heteroatoms. The number of nitrogens with one attached hydrogen (secondary N) is 2. The van der Waals surface area contributed by atoms with Crippen LogP contribution in [-0.2, 0) is 9.53 Å². The van der Waals surface area contributed by atoms with Crippen molar-refractivity contribution >= 4 is 23.0 Å². The first-order valence-corrected chi connectivity index (χ1v) is 6.79. The van der Waals surface area contributed by atoms with Gasteiger partial charge in [-0.1, -0.05) is 0 Å². The standard InChI is InChI=1S/C12H15N5O6/c1-4(19)14-12-15-9-6(10(22)16-12)13-3-17(9)11-8(21)7(20)5(2-18)23-11/h3,5,7-8,11,18,20-21H,2H2,1H3,(H2,14,15,16,19,22)/t5-,7+,8-,11-/m1/s1. The van der Waals surface area contributed by atoms with Crippen molar-refractivity contribution < 1.29 is 24.9 Å². The summed E-state index contributed by atoms with van der Waals surface area (Å²) in [4.78, 5) is 33.4. The number of amides is 1. The molecule has 124 valence electrons. The summed E-state index contributed by atoms with van der Waals surface area (Å²) in [6, 6.07) is 0. The normalized spacial score (nSPS) is 27.5. The van der Waals surface area contributed by atoms with Crippen molar-refractivity contribution in [2.45, 2.75) is 31.5 Å². The number of anilines is 1. The molecule has 1 aliphatic rings. The molecule has 2 aromatic rings. The Morgan fingerprint density at radius 2 is 2.22 bits per heavy atom. The summed E-state index contributed by atoms with van der Waals surface area (Å²) in [5.41, 5.74) is -0.534. The highest BCUT2D eigenvalue weighted by Gasteiger charge is 2.44. The number of fused-ring (bicyclic) bond motifs is 1. The molecule has 3 rings (SSSR count). The Hall–Kier alpha value is -2.34. The van der Waals surface area contributed by atoms with E-state index in [4.69, 9.17) is 9.84 Å². The molecule has 0 saturated carbocycles. The second kappa shape index (κ2) is 5.70. The number of hydrogen-bond acceptors (Lipinski definition) is 8. The van der Waals surface area contributed by atoms with E-state index in [1.165, 1.54) is 17.8 Å². The topological polar surface area (TPSA) is 163 Å². The van der Waals surface area contributed by atoms with E-state index in [0.29, 0.717) is 0 Å². The van der Waals surface area contributed by atoms with Gasteiger partial charge in [0.1, 0.15) is 18.3 Å². The van der Waals surface area contributed by atoms with Gasteiger partial charge in [0.25, 0.3) is 5.56 Å². The van der Waals surface area contributed by atoms with Crippen molar-refractivity contribution in [1.82, 2.24) is 19.5 Å². The maximum atomic E-state index is 12.0. The van der Waals surface area contributed by atoms with Crippen molar-refractivity contribution in [3.63, 3.8) is 0 Å². The zero-order valence-corrected chi connectivity index (χ0v) is 12.0. The molecule has 3 heterocycles. The lowest BCUT2D eigenvalue weighted by atomic mass is 10.1. The molecule has 0 aliphatic carbocycles. The number of carbonyl (C=O) groups excluding carboxylic acids is 1. The molecule has 0 unspecified atom stereocenters. The SMILES string of the molecule is CC(=O)Nc1nc2c(ncn2[C@@H]2O[C@H](CO)[C@H](O)[C@H]2O)c(=O)[nH]1. The first-order chi connectivity index (χ1) is 10.9. The van der Waals surface area contributed by atoms with E-state index in [-0.39, 0.29) is 17.1 Å². The zero-order chi connectivity index (χ0) is 16.7. The Labute approximate surface area is 128 Å². The van der Waals surface area contributed by atoms with Crippen LogP contribution >= 0.6 is 0 Å². The number of imidazole rings is 1. The van der Waals surface area contributed by atoms with Crippen molar-refractivity contribution in [3.8, 4) is 0 Å². The minimum atomic E-state index is -1.34. The molecule has 0 aromatic carbocycles. The molecule has 0 spiro atoms. The van der Waals surface area contributed by atoms with Crippen LogP contribution in [0, 0.1) is 0 Å². The molecule has 1 amide bonds. The summed E-state index contributed by atoms with van der Waals surface area (Å²) in [5, 5.41) is 31.3. The lowest BCUT2D eigenvalue weighted by molar-refractivity contribution is -0.114. The van der Waals surface area contributed by atoms with E-state index in [9.17, 15) is 19.8 Å². The monoisotopic (exact) mass is 325 g/mol. The molecule has 11 nitrogen and oxygen atoms in total. The van der Waals surface area contributed by atoms with Gasteiger partial charge in [0.15, 0.2) is 17.4 Å². The number of nitrogens with zero attached hydrogens (tertiary/aromatic N) is 3. The highest BCUT2D eigenvalue weighted by Crippen LogP contribution is 2.30. The second-order valence-corrected chi connectivity index (χ2v) is 5.15. The number of rotatable bonds is 3. The lowest BCUT2D eigenvalue weighted by Gasteiger charge is -2.16. The Kier molecular flexibility index (Phi) is 3.85. The predicted molar refractivity (Wildman–Crippen MR) is 75.5 cm³/mol. The summed E-state index contributed by atoms with van der Waals surface area (Å²) in [6.45, 7) is 0.778. The molecule has 1 saturated heterocycles. The lowest BCUT2D eigenvalue weighted by Crippen LogP contribution is -2.33. The first kappa shape index (κ1) is 15.6. The Morgan fingerprint density at radius 1 is 1.48 bits per heavy atom. The minimum Gasteiger partial charge on any atom is -0.394 e. The number of aliphatic hydroxyl groups is 3. The Morgan fingerprint density at radius 3 is 2.83 bits per heavy atom. The van der Waals surface area contributed by atoms with E-state index in [0.717, 1.165) is 0 Å². The summed E-state index contributed by atoms with van der Waals surface area (Å²) < 4.78 is 6.65. The van der Waals surface area contributed by atoms with Gasteiger partial charge in [0.2, 0.25) is 11.9 Å².